The van der Waals surface area contributed by atoms with Crippen molar-refractivity contribution in [3.05, 3.63) is 81.3 Å². The standard InChI is InChI=1S/C25H21BrN2O6/c1-15-8-16(2)24(20(26)9-15)31-13-23(29)28-27-12-17-4-3-5-19(10-17)34-25(30)18-6-7-21-22(11-18)33-14-32-21/h3-12H,13-14H2,1-2H3,(H,28,29). The summed E-state index contributed by atoms with van der Waals surface area (Å²) in [5.74, 6) is 1.09. The van der Waals surface area contributed by atoms with Gasteiger partial charge in [0.05, 0.1) is 16.3 Å². The summed E-state index contributed by atoms with van der Waals surface area (Å²) in [5.41, 5.74) is 5.41. The number of carbonyl (C=O) groups is 2. The summed E-state index contributed by atoms with van der Waals surface area (Å²) in [6.07, 6.45) is 1.45. The van der Waals surface area contributed by atoms with Gasteiger partial charge in [0.15, 0.2) is 18.1 Å². The minimum Gasteiger partial charge on any atom is -0.482 e. The molecule has 9 heteroatoms. The number of nitrogens with one attached hydrogen (secondary N) is 1. The van der Waals surface area contributed by atoms with Gasteiger partial charge in [-0.25, -0.2) is 10.2 Å². The largest absolute Gasteiger partial charge is 0.482 e. The van der Waals surface area contributed by atoms with Crippen molar-refractivity contribution >= 4 is 34.0 Å². The van der Waals surface area contributed by atoms with Gasteiger partial charge in [0.25, 0.3) is 5.91 Å². The van der Waals surface area contributed by atoms with Gasteiger partial charge in [0, 0.05) is 0 Å². The quantitative estimate of drug-likeness (QED) is 0.211. The fraction of sp³-hybridized carbons (Fsp3) is 0.160. The van der Waals surface area contributed by atoms with Crippen LogP contribution in [0.1, 0.15) is 27.0 Å². The van der Waals surface area contributed by atoms with Crippen LogP contribution in [0.15, 0.2) is 64.2 Å². The Morgan fingerprint density at radius 3 is 2.74 bits per heavy atom. The maximum atomic E-state index is 12.5. The summed E-state index contributed by atoms with van der Waals surface area (Å²) in [4.78, 5) is 24.5. The second kappa shape index (κ2) is 10.4. The minimum atomic E-state index is -0.532. The highest BCUT2D eigenvalue weighted by Gasteiger charge is 2.17. The average Bonchev–Trinajstić information content (AvgIpc) is 3.26. The molecule has 34 heavy (non-hydrogen) atoms. The second-order valence-electron chi connectivity index (χ2n) is 7.50. The first-order valence-electron chi connectivity index (χ1n) is 10.3. The number of aryl methyl sites for hydroxylation is 2. The zero-order valence-electron chi connectivity index (χ0n) is 18.5. The van der Waals surface area contributed by atoms with Crippen LogP contribution in [0.4, 0.5) is 0 Å². The summed E-state index contributed by atoms with van der Waals surface area (Å²) in [7, 11) is 0. The van der Waals surface area contributed by atoms with Crippen LogP contribution >= 0.6 is 15.9 Å². The molecule has 8 nitrogen and oxygen atoms in total. The van der Waals surface area contributed by atoms with Crippen molar-refractivity contribution < 1.29 is 28.5 Å². The minimum absolute atomic E-state index is 0.126. The van der Waals surface area contributed by atoms with Gasteiger partial charge < -0.3 is 18.9 Å². The number of carbonyl (C=O) groups excluding carboxylic acids is 2. The molecule has 0 aliphatic carbocycles. The van der Waals surface area contributed by atoms with Crippen molar-refractivity contribution in [1.82, 2.24) is 5.43 Å². The van der Waals surface area contributed by atoms with E-state index in [1.54, 1.807) is 42.5 Å². The lowest BCUT2D eigenvalue weighted by molar-refractivity contribution is -0.123. The van der Waals surface area contributed by atoms with Crippen LogP contribution in [-0.4, -0.2) is 31.5 Å². The summed E-state index contributed by atoms with van der Waals surface area (Å²) >= 11 is 3.45. The van der Waals surface area contributed by atoms with Crippen molar-refractivity contribution in [3.63, 3.8) is 0 Å². The molecule has 174 valence electrons. The van der Waals surface area contributed by atoms with Crippen LogP contribution in [0.25, 0.3) is 0 Å². The topological polar surface area (TPSA) is 95.5 Å². The molecule has 1 aliphatic rings. The van der Waals surface area contributed by atoms with Gasteiger partial charge in [-0.1, -0.05) is 18.2 Å². The molecule has 0 atom stereocenters. The molecule has 0 fully saturated rings. The smallest absolute Gasteiger partial charge is 0.343 e. The van der Waals surface area contributed by atoms with E-state index in [-0.39, 0.29) is 13.4 Å². The van der Waals surface area contributed by atoms with E-state index in [4.69, 9.17) is 18.9 Å². The Morgan fingerprint density at radius 2 is 1.91 bits per heavy atom. The van der Waals surface area contributed by atoms with E-state index in [9.17, 15) is 9.59 Å². The normalized spacial score (nSPS) is 12.0. The molecule has 0 radical (unpaired) electrons. The first-order valence-corrected chi connectivity index (χ1v) is 11.1. The number of nitrogens with zero attached hydrogens (tertiary/aromatic N) is 1. The van der Waals surface area contributed by atoms with Crippen LogP contribution in [0, 0.1) is 13.8 Å². The first-order chi connectivity index (χ1) is 16.4. The Kier molecular flexibility index (Phi) is 7.12. The molecule has 4 rings (SSSR count). The number of fused-ring (bicyclic) bond motifs is 1. The molecule has 1 N–H and O–H groups in total. The molecule has 3 aromatic rings. The Labute approximate surface area is 204 Å². The number of rotatable bonds is 7. The first kappa shape index (κ1) is 23.3. The molecule has 1 heterocycles. The fourth-order valence-electron chi connectivity index (χ4n) is 3.28. The zero-order valence-corrected chi connectivity index (χ0v) is 20.0. The predicted octanol–water partition coefficient (Wildman–Crippen LogP) is 4.54. The SMILES string of the molecule is Cc1cc(C)c(OCC(=O)NN=Cc2cccc(OC(=O)c3ccc4c(c3)OCO4)c2)c(Br)c1. The number of benzene rings is 3. The average molecular weight is 525 g/mol. The summed E-state index contributed by atoms with van der Waals surface area (Å²) in [6, 6.07) is 15.5. The van der Waals surface area contributed by atoms with E-state index in [1.165, 1.54) is 6.21 Å². The molecule has 3 aromatic carbocycles. The summed E-state index contributed by atoms with van der Waals surface area (Å²) in [6.45, 7) is 3.83. The van der Waals surface area contributed by atoms with Crippen molar-refractivity contribution in [2.45, 2.75) is 13.8 Å². The van der Waals surface area contributed by atoms with Gasteiger partial charge in [-0.15, -0.1) is 0 Å². The Bertz CT molecular complexity index is 1250. The van der Waals surface area contributed by atoms with Crippen molar-refractivity contribution in [2.75, 3.05) is 13.4 Å². The molecule has 1 aliphatic heterocycles. The molecule has 0 saturated heterocycles. The lowest BCUT2D eigenvalue weighted by Gasteiger charge is -2.11. The van der Waals surface area contributed by atoms with Gasteiger partial charge in [-0.05, 0) is 82.9 Å². The number of esters is 1. The Morgan fingerprint density at radius 1 is 1.09 bits per heavy atom. The number of halogens is 1. The maximum absolute atomic E-state index is 12.5. The van der Waals surface area contributed by atoms with Crippen LogP contribution in [-0.2, 0) is 4.79 Å². The molecule has 0 spiro atoms. The number of hydrazone groups is 1. The molecule has 0 bridgehead atoms. The third kappa shape index (κ3) is 5.74. The molecule has 0 unspecified atom stereocenters. The van der Waals surface area contributed by atoms with Gasteiger partial charge in [0.1, 0.15) is 11.5 Å². The Balaban J connectivity index is 1.31. The van der Waals surface area contributed by atoms with Crippen LogP contribution in [0.3, 0.4) is 0 Å². The van der Waals surface area contributed by atoms with Gasteiger partial charge in [0.2, 0.25) is 6.79 Å². The van der Waals surface area contributed by atoms with E-state index in [0.29, 0.717) is 34.1 Å². The third-order valence-electron chi connectivity index (χ3n) is 4.80. The molecular formula is C25H21BrN2O6. The van der Waals surface area contributed by atoms with Gasteiger partial charge in [-0.2, -0.15) is 5.10 Å². The summed E-state index contributed by atoms with van der Waals surface area (Å²) in [5, 5.41) is 3.94. The van der Waals surface area contributed by atoms with Crippen molar-refractivity contribution in [2.24, 2.45) is 5.10 Å². The van der Waals surface area contributed by atoms with Gasteiger partial charge in [-0.3, -0.25) is 4.79 Å². The van der Waals surface area contributed by atoms with E-state index in [2.05, 4.69) is 26.5 Å². The highest BCUT2D eigenvalue weighted by Crippen LogP contribution is 2.33. The number of amides is 1. The highest BCUT2D eigenvalue weighted by molar-refractivity contribution is 9.10. The zero-order chi connectivity index (χ0) is 24.1. The lowest BCUT2D eigenvalue weighted by atomic mass is 10.1. The molecule has 1 amide bonds. The van der Waals surface area contributed by atoms with E-state index >= 15 is 0 Å². The van der Waals surface area contributed by atoms with Gasteiger partial charge >= 0.3 is 5.97 Å². The number of hydrogen-bond donors (Lipinski definition) is 1. The predicted molar refractivity (Wildman–Crippen MR) is 129 cm³/mol. The van der Waals surface area contributed by atoms with Crippen molar-refractivity contribution in [3.8, 4) is 23.0 Å². The van der Waals surface area contributed by atoms with Crippen LogP contribution in [0.2, 0.25) is 0 Å². The second-order valence-corrected chi connectivity index (χ2v) is 8.36. The molecular weight excluding hydrogens is 504 g/mol. The number of hydrogen-bond acceptors (Lipinski definition) is 7. The maximum Gasteiger partial charge on any atom is 0.343 e. The lowest BCUT2D eigenvalue weighted by Crippen LogP contribution is -2.24. The van der Waals surface area contributed by atoms with E-state index in [0.717, 1.165) is 15.6 Å². The molecule has 0 saturated carbocycles. The monoisotopic (exact) mass is 524 g/mol. The molecule has 0 aromatic heterocycles. The van der Waals surface area contributed by atoms with E-state index in [1.807, 2.05) is 26.0 Å². The third-order valence-corrected chi connectivity index (χ3v) is 5.39. The Hall–Kier alpha value is -3.85. The van der Waals surface area contributed by atoms with Crippen LogP contribution < -0.4 is 24.4 Å². The van der Waals surface area contributed by atoms with Crippen LogP contribution in [0.5, 0.6) is 23.0 Å². The highest BCUT2D eigenvalue weighted by atomic mass is 79.9. The van der Waals surface area contributed by atoms with Crippen molar-refractivity contribution in [1.29, 1.82) is 0 Å². The van der Waals surface area contributed by atoms with E-state index < -0.39 is 11.9 Å². The summed E-state index contributed by atoms with van der Waals surface area (Å²) < 4.78 is 22.4. The number of ether oxygens (including phenoxy) is 4. The fourth-order valence-corrected chi connectivity index (χ4v) is 4.07.